The monoisotopic (exact) mass is 303 g/mol. The molecule has 0 saturated carbocycles. The lowest BCUT2D eigenvalue weighted by Gasteiger charge is -2.25. The second-order valence-corrected chi connectivity index (χ2v) is 5.89. The summed E-state index contributed by atoms with van der Waals surface area (Å²) in [4.78, 5) is 34.9. The summed E-state index contributed by atoms with van der Waals surface area (Å²) in [5.41, 5.74) is -0.646. The maximum Gasteiger partial charge on any atom is 0.408 e. The second kappa shape index (κ2) is 8.49. The molecule has 0 aliphatic heterocycles. The Labute approximate surface area is 125 Å². The first kappa shape index (κ1) is 19.2. The third-order valence-corrected chi connectivity index (χ3v) is 2.33. The van der Waals surface area contributed by atoms with Crippen molar-refractivity contribution in [1.29, 1.82) is 0 Å². The highest BCUT2D eigenvalue weighted by molar-refractivity contribution is 5.88. The van der Waals surface area contributed by atoms with E-state index in [1.807, 2.05) is 0 Å². The molecule has 0 aliphatic rings. The summed E-state index contributed by atoms with van der Waals surface area (Å²) >= 11 is 0. The number of hydrogen-bond acceptors (Lipinski definition) is 5. The zero-order chi connectivity index (χ0) is 16.6. The molecule has 7 heteroatoms. The van der Waals surface area contributed by atoms with E-state index in [0.29, 0.717) is 0 Å². The highest BCUT2D eigenvalue weighted by Crippen LogP contribution is 2.08. The van der Waals surface area contributed by atoms with Gasteiger partial charge in [0.05, 0.1) is 6.61 Å². The Morgan fingerprint density at radius 3 is 2.14 bits per heavy atom. The number of carbonyl (C=O) groups is 3. The molecule has 0 aromatic rings. The summed E-state index contributed by atoms with van der Waals surface area (Å²) in [6.07, 6.45) is -0.674. The quantitative estimate of drug-likeness (QED) is 0.568. The van der Waals surface area contributed by atoms with Gasteiger partial charge in [-0.1, -0.05) is 13.8 Å². The van der Waals surface area contributed by atoms with Crippen LogP contribution >= 0.6 is 0 Å². The van der Waals surface area contributed by atoms with Gasteiger partial charge in [0.15, 0.2) is 0 Å². The summed E-state index contributed by atoms with van der Waals surface area (Å²) in [5.74, 6) is -1.13. The number of carbonyl (C=O) groups excluding carboxylic acids is 3. The van der Waals surface area contributed by atoms with Crippen LogP contribution in [0.4, 0.5) is 4.79 Å². The molecule has 21 heavy (non-hydrogen) atoms. The number of esters is 1. The zero-order valence-corrected chi connectivity index (χ0v) is 13.6. The molecule has 0 rings (SSSR count). The van der Waals surface area contributed by atoms with Crippen molar-refractivity contribution in [3.63, 3.8) is 0 Å². The van der Waals surface area contributed by atoms with Crippen LogP contribution in [0.3, 0.4) is 0 Å². The van der Waals surface area contributed by atoms with Crippen LogP contribution in [0.1, 0.15) is 41.5 Å². The van der Waals surface area contributed by atoms with Crippen molar-refractivity contribution >= 4 is 18.0 Å². The van der Waals surface area contributed by atoms with Crippen LogP contribution in [-0.4, -0.2) is 42.8 Å². The molecule has 0 aliphatic carbocycles. The number of ether oxygens (including phenoxy) is 2. The average Bonchev–Trinajstić information content (AvgIpc) is 2.31. The molecule has 122 valence electrons. The smallest absolute Gasteiger partial charge is 0.408 e. The van der Waals surface area contributed by atoms with Gasteiger partial charge < -0.3 is 20.1 Å². The van der Waals surface area contributed by atoms with Crippen LogP contribution in [0.5, 0.6) is 0 Å². The van der Waals surface area contributed by atoms with Crippen LogP contribution in [0, 0.1) is 5.92 Å². The van der Waals surface area contributed by atoms with E-state index in [2.05, 4.69) is 10.6 Å². The van der Waals surface area contributed by atoms with Crippen LogP contribution < -0.4 is 10.6 Å². The van der Waals surface area contributed by atoms with Gasteiger partial charge in [-0.3, -0.25) is 9.59 Å². The lowest BCUT2D eigenvalue weighted by molar-refractivity contribution is -0.143. The SMILES string of the molecule is CCOC(=O)C[15NH]C(=O)[C@@H](NC(=O)OC(C)(C)C)C(C)C. The molecule has 0 heterocycles. The third kappa shape index (κ3) is 8.88. The van der Waals surface area contributed by atoms with Crippen molar-refractivity contribution < 1.29 is 23.9 Å². The van der Waals surface area contributed by atoms with E-state index in [1.165, 1.54) is 0 Å². The maximum absolute atomic E-state index is 12.0. The topological polar surface area (TPSA) is 93.7 Å². The van der Waals surface area contributed by atoms with Crippen molar-refractivity contribution in [2.24, 2.45) is 5.92 Å². The molecule has 7 nitrogen and oxygen atoms in total. The number of amides is 2. The van der Waals surface area contributed by atoms with Crippen molar-refractivity contribution in [3.8, 4) is 0 Å². The fourth-order valence-corrected chi connectivity index (χ4v) is 1.45. The second-order valence-electron chi connectivity index (χ2n) is 5.89. The van der Waals surface area contributed by atoms with Gasteiger partial charge in [-0.05, 0) is 33.6 Å². The molecule has 0 bridgehead atoms. The fourth-order valence-electron chi connectivity index (χ4n) is 1.45. The van der Waals surface area contributed by atoms with Gasteiger partial charge in [0.2, 0.25) is 5.91 Å². The van der Waals surface area contributed by atoms with Crippen molar-refractivity contribution in [2.75, 3.05) is 13.2 Å². The predicted octanol–water partition coefficient (Wildman–Crippen LogP) is 1.21. The minimum Gasteiger partial charge on any atom is -0.465 e. The molecule has 0 unspecified atom stereocenters. The zero-order valence-electron chi connectivity index (χ0n) is 13.6. The summed E-state index contributed by atoms with van der Waals surface area (Å²) in [5, 5.41) is 4.94. The number of nitrogens with one attached hydrogen (secondary N) is 2. The fraction of sp³-hybridized carbons (Fsp3) is 0.786. The summed E-state index contributed by atoms with van der Waals surface area (Å²) in [7, 11) is 0. The Balaban J connectivity index is 4.51. The van der Waals surface area contributed by atoms with Gasteiger partial charge in [-0.25, -0.2) is 4.79 Å². The van der Waals surface area contributed by atoms with E-state index in [-0.39, 0.29) is 19.1 Å². The predicted molar refractivity (Wildman–Crippen MR) is 77.6 cm³/mol. The third-order valence-electron chi connectivity index (χ3n) is 2.33. The Kier molecular flexibility index (Phi) is 7.76. The summed E-state index contributed by atoms with van der Waals surface area (Å²) in [6.45, 7) is 10.5. The Hall–Kier alpha value is -1.79. The highest BCUT2D eigenvalue weighted by Gasteiger charge is 2.27. The normalized spacial score (nSPS) is 12.5. The van der Waals surface area contributed by atoms with E-state index >= 15 is 0 Å². The van der Waals surface area contributed by atoms with Gasteiger partial charge in [-0.15, -0.1) is 0 Å². The maximum atomic E-state index is 12.0. The van der Waals surface area contributed by atoms with Gasteiger partial charge >= 0.3 is 12.1 Å². The Bertz CT molecular complexity index is 374. The van der Waals surface area contributed by atoms with E-state index < -0.39 is 29.6 Å². The minimum atomic E-state index is -0.783. The highest BCUT2D eigenvalue weighted by atomic mass is 16.6. The Morgan fingerprint density at radius 1 is 1.14 bits per heavy atom. The standard InChI is InChI=1S/C14H26N2O5/c1-7-20-10(17)8-15-12(18)11(9(2)3)16-13(19)21-14(4,5)6/h9,11H,7-8H2,1-6H3,(H,15,18)(H,16,19)/t11-/m0/s1/i15+1. The summed E-state index contributed by atoms with van der Waals surface area (Å²) in [6, 6.07) is -0.783. The largest absolute Gasteiger partial charge is 0.465 e. The molecule has 0 aromatic heterocycles. The lowest BCUT2D eigenvalue weighted by Crippen LogP contribution is -2.51. The molecule has 0 fully saturated rings. The van der Waals surface area contributed by atoms with Crippen LogP contribution in [0.2, 0.25) is 0 Å². The van der Waals surface area contributed by atoms with Gasteiger partial charge in [0.1, 0.15) is 18.2 Å². The summed E-state index contributed by atoms with van der Waals surface area (Å²) < 4.78 is 9.82. The molecule has 1 atom stereocenters. The molecule has 2 N–H and O–H groups in total. The number of alkyl carbamates (subject to hydrolysis) is 1. The van der Waals surface area contributed by atoms with E-state index in [9.17, 15) is 14.4 Å². The van der Waals surface area contributed by atoms with Crippen molar-refractivity contribution in [2.45, 2.75) is 53.2 Å². The lowest BCUT2D eigenvalue weighted by atomic mass is 10.0. The molecule has 0 radical (unpaired) electrons. The first-order valence-corrected chi connectivity index (χ1v) is 6.99. The number of hydrogen-bond donors (Lipinski definition) is 2. The van der Waals surface area contributed by atoms with Gasteiger partial charge in [0, 0.05) is 0 Å². The van der Waals surface area contributed by atoms with Crippen LogP contribution in [0.15, 0.2) is 0 Å². The first-order chi connectivity index (χ1) is 9.56. The van der Waals surface area contributed by atoms with Crippen molar-refractivity contribution in [1.82, 2.24) is 10.6 Å². The van der Waals surface area contributed by atoms with Crippen LogP contribution in [-0.2, 0) is 19.1 Å². The van der Waals surface area contributed by atoms with Crippen LogP contribution in [0.25, 0.3) is 0 Å². The van der Waals surface area contributed by atoms with Gasteiger partial charge in [-0.2, -0.15) is 0 Å². The molecule has 0 saturated heterocycles. The first-order valence-electron chi connectivity index (χ1n) is 6.99. The van der Waals surface area contributed by atoms with Gasteiger partial charge in [0.25, 0.3) is 0 Å². The number of rotatable bonds is 6. The molecular weight excluding hydrogens is 277 g/mol. The minimum absolute atomic E-state index is 0.153. The Morgan fingerprint density at radius 2 is 1.71 bits per heavy atom. The molecule has 0 aromatic carbocycles. The molecular formula is C14H26N2O5. The molecule has 2 amide bonds. The molecule has 0 spiro atoms. The van der Waals surface area contributed by atoms with E-state index in [1.54, 1.807) is 41.5 Å². The van der Waals surface area contributed by atoms with E-state index in [4.69, 9.17) is 9.47 Å². The van der Waals surface area contributed by atoms with Crippen molar-refractivity contribution in [3.05, 3.63) is 0 Å². The van der Waals surface area contributed by atoms with E-state index in [0.717, 1.165) is 0 Å². The average molecular weight is 303 g/mol.